The molecular weight excluding hydrogens is 130 g/mol. The molecule has 0 aliphatic rings. The van der Waals surface area contributed by atoms with Crippen LogP contribution >= 0.6 is 12.6 Å². The first-order valence-corrected chi connectivity index (χ1v) is 3.25. The Labute approximate surface area is 60.3 Å². The van der Waals surface area contributed by atoms with Crippen LogP contribution in [-0.4, -0.2) is 0 Å². The van der Waals surface area contributed by atoms with Crippen molar-refractivity contribution in [2.75, 3.05) is 0 Å². The van der Waals surface area contributed by atoms with Gasteiger partial charge in [0, 0.05) is 11.4 Å². The molecule has 0 atom stereocenters. The second-order valence-electron chi connectivity index (χ2n) is 1.87. The molecule has 0 saturated heterocycles. The third-order valence-electron chi connectivity index (χ3n) is 1.15. The molecule has 1 aromatic carbocycles. The molecule has 1 rings (SSSR count). The van der Waals surface area contributed by atoms with Crippen molar-refractivity contribution in [3.8, 4) is 0 Å². The van der Waals surface area contributed by atoms with E-state index in [0.29, 0.717) is 6.54 Å². The van der Waals surface area contributed by atoms with E-state index in [2.05, 4.69) is 12.6 Å². The van der Waals surface area contributed by atoms with Crippen LogP contribution in [0.25, 0.3) is 0 Å². The summed E-state index contributed by atoms with van der Waals surface area (Å²) in [6.45, 7) is 0.592. The average Bonchev–Trinajstić information content (AvgIpc) is 1.88. The summed E-state index contributed by atoms with van der Waals surface area (Å²) in [6.07, 6.45) is 0. The highest BCUT2D eigenvalue weighted by molar-refractivity contribution is 7.80. The number of benzene rings is 1. The topological polar surface area (TPSA) is 26.0 Å². The van der Waals surface area contributed by atoms with Crippen molar-refractivity contribution in [3.05, 3.63) is 29.8 Å². The Hall–Kier alpha value is -0.470. The minimum atomic E-state index is 0.592. The molecule has 0 amide bonds. The number of rotatable bonds is 1. The van der Waals surface area contributed by atoms with Gasteiger partial charge in [-0.1, -0.05) is 12.1 Å². The van der Waals surface area contributed by atoms with Crippen LogP contribution in [0.1, 0.15) is 5.56 Å². The minimum Gasteiger partial charge on any atom is -0.326 e. The van der Waals surface area contributed by atoms with Gasteiger partial charge in [-0.25, -0.2) is 0 Å². The van der Waals surface area contributed by atoms with Crippen molar-refractivity contribution < 1.29 is 0 Å². The van der Waals surface area contributed by atoms with Gasteiger partial charge in [0.2, 0.25) is 0 Å². The fourth-order valence-corrected chi connectivity index (χ4v) is 0.935. The molecule has 0 aromatic heterocycles. The largest absolute Gasteiger partial charge is 0.326 e. The van der Waals surface area contributed by atoms with Crippen LogP contribution in [0.2, 0.25) is 0 Å². The van der Waals surface area contributed by atoms with Gasteiger partial charge in [0.25, 0.3) is 0 Å². The summed E-state index contributed by atoms with van der Waals surface area (Å²) in [5, 5.41) is 0. The van der Waals surface area contributed by atoms with Crippen LogP contribution in [0.3, 0.4) is 0 Å². The van der Waals surface area contributed by atoms with Crippen molar-refractivity contribution in [1.82, 2.24) is 0 Å². The minimum absolute atomic E-state index is 0.592. The molecule has 0 aliphatic carbocycles. The first kappa shape index (κ1) is 6.65. The van der Waals surface area contributed by atoms with Gasteiger partial charge < -0.3 is 5.73 Å². The molecule has 0 fully saturated rings. The molecule has 0 saturated carbocycles. The van der Waals surface area contributed by atoms with E-state index in [1.54, 1.807) is 0 Å². The van der Waals surface area contributed by atoms with E-state index in [0.717, 1.165) is 10.5 Å². The van der Waals surface area contributed by atoms with Gasteiger partial charge in [0.1, 0.15) is 0 Å². The van der Waals surface area contributed by atoms with Gasteiger partial charge in [0.15, 0.2) is 0 Å². The summed E-state index contributed by atoms with van der Waals surface area (Å²) in [7, 11) is 0. The number of thiol groups is 1. The molecule has 2 N–H and O–H groups in total. The van der Waals surface area contributed by atoms with Crippen LogP contribution in [0, 0.1) is 0 Å². The molecule has 1 aromatic rings. The number of nitrogens with two attached hydrogens (primary N) is 1. The molecule has 0 aliphatic heterocycles. The molecule has 0 radical (unpaired) electrons. The maximum atomic E-state index is 5.38. The maximum absolute atomic E-state index is 5.38. The lowest BCUT2D eigenvalue weighted by atomic mass is 10.2. The molecule has 0 heterocycles. The smallest absolute Gasteiger partial charge is 0.0178 e. The zero-order valence-corrected chi connectivity index (χ0v) is 5.94. The quantitative estimate of drug-likeness (QED) is 0.566. The molecule has 9 heavy (non-hydrogen) atoms. The lowest BCUT2D eigenvalue weighted by molar-refractivity contribution is 1.06. The molecule has 0 unspecified atom stereocenters. The summed E-state index contributed by atoms with van der Waals surface area (Å²) in [6, 6.07) is 7.83. The average molecular weight is 139 g/mol. The van der Waals surface area contributed by atoms with Crippen molar-refractivity contribution in [2.24, 2.45) is 5.73 Å². The van der Waals surface area contributed by atoms with Crippen LogP contribution in [0.4, 0.5) is 0 Å². The van der Waals surface area contributed by atoms with E-state index >= 15 is 0 Å². The Balaban J connectivity index is 2.94. The second kappa shape index (κ2) is 2.90. The van der Waals surface area contributed by atoms with E-state index in [1.807, 2.05) is 24.3 Å². The molecular formula is C7H9NS. The Morgan fingerprint density at radius 3 is 2.67 bits per heavy atom. The monoisotopic (exact) mass is 139 g/mol. The molecule has 0 spiro atoms. The Morgan fingerprint density at radius 1 is 1.44 bits per heavy atom. The fourth-order valence-electron chi connectivity index (χ4n) is 0.683. The third kappa shape index (κ3) is 1.73. The molecule has 0 bridgehead atoms. The number of hydrogen-bond acceptors (Lipinski definition) is 2. The van der Waals surface area contributed by atoms with Crippen molar-refractivity contribution >= 4 is 12.6 Å². The van der Waals surface area contributed by atoms with Gasteiger partial charge in [-0.2, -0.15) is 0 Å². The van der Waals surface area contributed by atoms with Crippen LogP contribution in [0.15, 0.2) is 29.2 Å². The van der Waals surface area contributed by atoms with E-state index in [4.69, 9.17) is 5.73 Å². The lowest BCUT2D eigenvalue weighted by Gasteiger charge is -1.94. The summed E-state index contributed by atoms with van der Waals surface area (Å²) in [4.78, 5) is 0.970. The van der Waals surface area contributed by atoms with Gasteiger partial charge in [-0.05, 0) is 17.7 Å². The van der Waals surface area contributed by atoms with E-state index in [-0.39, 0.29) is 0 Å². The fraction of sp³-hybridized carbons (Fsp3) is 0.143. The number of hydrogen-bond donors (Lipinski definition) is 2. The van der Waals surface area contributed by atoms with Gasteiger partial charge >= 0.3 is 0 Å². The first-order chi connectivity index (χ1) is 4.33. The summed E-state index contributed by atoms with van der Waals surface area (Å²) >= 11 is 4.15. The predicted octanol–water partition coefficient (Wildman–Crippen LogP) is 1.43. The standard InChI is InChI=1S/C7H9NS/c8-5-6-2-1-3-7(9)4-6/h1-4,9H,5,8H2. The lowest BCUT2D eigenvalue weighted by Crippen LogP contribution is -1.94. The van der Waals surface area contributed by atoms with Crippen molar-refractivity contribution in [2.45, 2.75) is 11.4 Å². The third-order valence-corrected chi connectivity index (χ3v) is 1.42. The van der Waals surface area contributed by atoms with Crippen LogP contribution in [-0.2, 0) is 6.54 Å². The summed E-state index contributed by atoms with van der Waals surface area (Å²) in [5.74, 6) is 0. The highest BCUT2D eigenvalue weighted by Gasteiger charge is 1.86. The zero-order chi connectivity index (χ0) is 6.69. The second-order valence-corrected chi connectivity index (χ2v) is 2.39. The van der Waals surface area contributed by atoms with Crippen LogP contribution < -0.4 is 5.73 Å². The van der Waals surface area contributed by atoms with E-state index in [1.165, 1.54) is 0 Å². The van der Waals surface area contributed by atoms with E-state index < -0.39 is 0 Å². The Bertz CT molecular complexity index is 198. The molecule has 48 valence electrons. The highest BCUT2D eigenvalue weighted by atomic mass is 32.1. The Kier molecular flexibility index (Phi) is 2.14. The summed E-state index contributed by atoms with van der Waals surface area (Å²) < 4.78 is 0. The molecule has 2 heteroatoms. The molecule has 1 nitrogen and oxygen atoms in total. The van der Waals surface area contributed by atoms with E-state index in [9.17, 15) is 0 Å². The van der Waals surface area contributed by atoms with Crippen molar-refractivity contribution in [1.29, 1.82) is 0 Å². The highest BCUT2D eigenvalue weighted by Crippen LogP contribution is 2.07. The predicted molar refractivity (Wildman–Crippen MR) is 41.6 cm³/mol. The normalized spacial score (nSPS) is 9.56. The Morgan fingerprint density at radius 2 is 2.22 bits per heavy atom. The summed E-state index contributed by atoms with van der Waals surface area (Å²) in [5.41, 5.74) is 6.51. The first-order valence-electron chi connectivity index (χ1n) is 2.81. The van der Waals surface area contributed by atoms with Gasteiger partial charge in [0.05, 0.1) is 0 Å². The van der Waals surface area contributed by atoms with Crippen LogP contribution in [0.5, 0.6) is 0 Å². The van der Waals surface area contributed by atoms with Crippen molar-refractivity contribution in [3.63, 3.8) is 0 Å². The van der Waals surface area contributed by atoms with Gasteiger partial charge in [-0.15, -0.1) is 12.6 Å². The SMILES string of the molecule is NCc1cccc(S)c1. The maximum Gasteiger partial charge on any atom is 0.0178 e. The zero-order valence-electron chi connectivity index (χ0n) is 5.04. The van der Waals surface area contributed by atoms with Gasteiger partial charge in [-0.3, -0.25) is 0 Å².